The van der Waals surface area contributed by atoms with E-state index in [1.54, 1.807) is 0 Å². The number of imide groups is 1. The van der Waals surface area contributed by atoms with Crippen molar-refractivity contribution >= 4 is 35.3 Å². The number of hydrogen-bond donors (Lipinski definition) is 0. The molecule has 1 aliphatic heterocycles. The molecule has 3 saturated carbocycles. The molecule has 4 fully saturated rings. The van der Waals surface area contributed by atoms with Crippen LogP contribution in [0.2, 0.25) is 0 Å². The Balaban J connectivity index is 0.000000356. The maximum Gasteiger partial charge on any atom is 0.310 e. The number of carbonyl (C=O) groups is 6. The van der Waals surface area contributed by atoms with Gasteiger partial charge in [-0.3, -0.25) is 33.7 Å². The molecule has 388 valence electrons. The molecule has 4 rings (SSSR count). The Morgan fingerprint density at radius 2 is 0.638 bits per heavy atom. The van der Waals surface area contributed by atoms with Crippen LogP contribution in [0.1, 0.15) is 172 Å². The van der Waals surface area contributed by atoms with Crippen LogP contribution >= 0.6 is 0 Å². The van der Waals surface area contributed by atoms with Gasteiger partial charge in [0.2, 0.25) is 11.8 Å². The summed E-state index contributed by atoms with van der Waals surface area (Å²) in [5.74, 6) is -0.995. The first-order chi connectivity index (χ1) is 31.8. The number of rotatable bonds is 15. The minimum absolute atomic E-state index is 0.0124. The first-order valence-electron chi connectivity index (χ1n) is 26.1. The molecule has 9 nitrogen and oxygen atoms in total. The zero-order valence-corrected chi connectivity index (χ0v) is 47.1. The molecule has 0 radical (unpaired) electrons. The van der Waals surface area contributed by atoms with Gasteiger partial charge in [0.1, 0.15) is 11.6 Å². The maximum absolute atomic E-state index is 12.9. The first kappa shape index (κ1) is 61.0. The number of fused-ring (bicyclic) bond motifs is 1. The summed E-state index contributed by atoms with van der Waals surface area (Å²) in [5, 5.41) is 0. The first-order valence-corrected chi connectivity index (χ1v) is 26.1. The predicted octanol–water partition coefficient (Wildman–Crippen LogP) is 13.5. The molecule has 3 aliphatic carbocycles. The van der Waals surface area contributed by atoms with E-state index in [1.165, 1.54) is 27.2 Å². The summed E-state index contributed by atoms with van der Waals surface area (Å²) in [6.45, 7) is 43.6. The van der Waals surface area contributed by atoms with Crippen LogP contribution in [-0.4, -0.2) is 58.5 Å². The number of nitrogens with zero attached hydrogens (tertiary/aromatic N) is 1. The molecule has 0 aromatic carbocycles. The highest BCUT2D eigenvalue weighted by molar-refractivity contribution is 6.06. The molecule has 12 atom stereocenters. The van der Waals surface area contributed by atoms with Crippen molar-refractivity contribution in [1.82, 2.24) is 4.90 Å². The van der Waals surface area contributed by atoms with Crippen molar-refractivity contribution in [3.8, 4) is 0 Å². The van der Waals surface area contributed by atoms with Crippen LogP contribution in [-0.2, 0) is 38.2 Å². The van der Waals surface area contributed by atoms with E-state index in [0.29, 0.717) is 0 Å². The van der Waals surface area contributed by atoms with Crippen molar-refractivity contribution in [3.05, 3.63) is 69.9 Å². The van der Waals surface area contributed by atoms with E-state index >= 15 is 0 Å². The fraction of sp³-hybridized carbons (Fsp3) is 0.700. The number of carbonyl (C=O) groups excluding carboxylic acids is 6. The molecule has 12 unspecified atom stereocenters. The summed E-state index contributed by atoms with van der Waals surface area (Å²) < 4.78 is 11.0. The van der Waals surface area contributed by atoms with Crippen LogP contribution in [0.15, 0.2) is 69.9 Å². The molecule has 69 heavy (non-hydrogen) atoms. The smallest absolute Gasteiger partial charge is 0.310 e. The van der Waals surface area contributed by atoms with Gasteiger partial charge in [-0.15, -0.1) is 0 Å². The van der Waals surface area contributed by atoms with Crippen molar-refractivity contribution in [3.63, 3.8) is 0 Å². The van der Waals surface area contributed by atoms with E-state index in [9.17, 15) is 28.8 Å². The van der Waals surface area contributed by atoms with Gasteiger partial charge in [0, 0.05) is 29.7 Å². The average molecular weight is 958 g/mol. The zero-order chi connectivity index (χ0) is 53.1. The molecule has 4 aliphatic rings. The lowest BCUT2D eigenvalue weighted by Gasteiger charge is -2.26. The minimum Gasteiger partial charge on any atom is -0.463 e. The molecule has 1 heterocycles. The molecular formula is C60H95NO8. The molecule has 1 saturated heterocycles. The van der Waals surface area contributed by atoms with Crippen LogP contribution in [0.5, 0.6) is 0 Å². The van der Waals surface area contributed by atoms with Gasteiger partial charge < -0.3 is 9.47 Å². The van der Waals surface area contributed by atoms with E-state index in [4.69, 9.17) is 9.47 Å². The number of likely N-dealkylation sites (tertiary alicyclic amines) is 1. The van der Waals surface area contributed by atoms with Crippen LogP contribution in [0, 0.1) is 82.9 Å². The molecule has 0 spiro atoms. The summed E-state index contributed by atoms with van der Waals surface area (Å²) in [5.41, 5.74) is 7.18. The third-order valence-electron chi connectivity index (χ3n) is 13.5. The van der Waals surface area contributed by atoms with Gasteiger partial charge in [0.05, 0.1) is 35.9 Å². The predicted molar refractivity (Wildman–Crippen MR) is 281 cm³/mol. The standard InChI is InChI=1S/C21H34O4.C21H34O2.C18H27NO2/c1-12(2)9-16-11-17(10-13(3)4)19(21(23)25-15(7)8)18(16)20(22)24-14(5)6;1-12(2)9-16-11-17(10-13(3)4)19(21(23)15(7)8)18(16)20(22)14(5)6;1-10(2)7-13-9-14(8-11(3)4)16-15(13)17(20)19(12(5)6)18(16)21/h9-10,14-19H,11H2,1-8H3;9-10,14-19H,11H2,1-8H3;7-8,12-16H,9H2,1-6H3. The van der Waals surface area contributed by atoms with Gasteiger partial charge in [-0.2, -0.15) is 0 Å². The van der Waals surface area contributed by atoms with Gasteiger partial charge in [-0.1, -0.05) is 97.6 Å². The SMILES string of the molecule is CC(C)=CC1CC(C=C(C)C)C(C(=O)C(C)C)C1C(=O)C(C)C.CC(C)=CC1CC(C=C(C)C)C(C(=O)OC(C)C)C1C(=O)OC(C)C.CC(C)=CC1CC(C=C(C)C)C2C(=O)N(C(C)C)C(=O)C12. The molecule has 0 aromatic heterocycles. The van der Waals surface area contributed by atoms with Crippen molar-refractivity contribution < 1.29 is 38.2 Å². The van der Waals surface area contributed by atoms with E-state index in [1.807, 2.05) is 96.9 Å². The molecule has 0 N–H and O–H groups in total. The molecule has 9 heteroatoms. The fourth-order valence-corrected chi connectivity index (χ4v) is 11.4. The fourth-order valence-electron chi connectivity index (χ4n) is 11.4. The topological polar surface area (TPSA) is 124 Å². The lowest BCUT2D eigenvalue weighted by molar-refractivity contribution is -0.165. The normalized spacial score (nSPS) is 28.0. The van der Waals surface area contributed by atoms with E-state index in [-0.39, 0.29) is 125 Å². The van der Waals surface area contributed by atoms with Crippen molar-refractivity contribution in [1.29, 1.82) is 0 Å². The van der Waals surface area contributed by atoms with Crippen LogP contribution in [0.25, 0.3) is 0 Å². The minimum atomic E-state index is -0.496. The maximum atomic E-state index is 12.9. The average Bonchev–Trinajstić information content (AvgIpc) is 3.88. The summed E-state index contributed by atoms with van der Waals surface area (Å²) >= 11 is 0. The highest BCUT2D eigenvalue weighted by Crippen LogP contribution is 2.51. The Morgan fingerprint density at radius 1 is 0.406 bits per heavy atom. The van der Waals surface area contributed by atoms with E-state index in [0.717, 1.165) is 30.4 Å². The quantitative estimate of drug-likeness (QED) is 0.0903. The van der Waals surface area contributed by atoms with Crippen LogP contribution < -0.4 is 0 Å². The highest BCUT2D eigenvalue weighted by Gasteiger charge is 2.58. The monoisotopic (exact) mass is 958 g/mol. The number of ether oxygens (including phenoxy) is 2. The molecule has 0 bridgehead atoms. The molecular weight excluding hydrogens is 863 g/mol. The number of ketones is 2. The Kier molecular flexibility index (Phi) is 23.8. The Labute approximate surface area is 419 Å². The van der Waals surface area contributed by atoms with Gasteiger partial charge in [0.15, 0.2) is 0 Å². The molecule has 0 aromatic rings. The Hall–Kier alpha value is -4.14. The molecule has 2 amide bonds. The summed E-state index contributed by atoms with van der Waals surface area (Å²) in [7, 11) is 0. The van der Waals surface area contributed by atoms with Crippen molar-refractivity contribution in [2.24, 2.45) is 82.9 Å². The lowest BCUT2D eigenvalue weighted by Crippen LogP contribution is -2.38. The third-order valence-corrected chi connectivity index (χ3v) is 13.5. The van der Waals surface area contributed by atoms with Gasteiger partial charge in [-0.25, -0.2) is 0 Å². The number of Topliss-reactive ketones (excluding diaryl/α,β-unsaturated/α-hetero) is 2. The number of amides is 2. The largest absolute Gasteiger partial charge is 0.463 e. The van der Waals surface area contributed by atoms with Gasteiger partial charge >= 0.3 is 11.9 Å². The van der Waals surface area contributed by atoms with E-state index in [2.05, 4.69) is 91.8 Å². The van der Waals surface area contributed by atoms with Crippen LogP contribution in [0.4, 0.5) is 0 Å². The van der Waals surface area contributed by atoms with Crippen molar-refractivity contribution in [2.45, 2.75) is 190 Å². The second-order valence-electron chi connectivity index (χ2n) is 23.5. The van der Waals surface area contributed by atoms with Gasteiger partial charge in [-0.05, 0) is 179 Å². The number of hydrogen-bond acceptors (Lipinski definition) is 8. The summed E-state index contributed by atoms with van der Waals surface area (Å²) in [4.78, 5) is 78.3. The highest BCUT2D eigenvalue weighted by atomic mass is 16.6. The lowest BCUT2D eigenvalue weighted by atomic mass is 9.75. The zero-order valence-electron chi connectivity index (χ0n) is 47.1. The summed E-state index contributed by atoms with van der Waals surface area (Å²) in [6, 6.07) is -0.0460. The second-order valence-corrected chi connectivity index (χ2v) is 23.5. The second kappa shape index (κ2) is 26.9. The van der Waals surface area contributed by atoms with E-state index < -0.39 is 11.8 Å². The summed E-state index contributed by atoms with van der Waals surface area (Å²) in [6.07, 6.45) is 15.2. The number of allylic oxidation sites excluding steroid dienone is 12. The Morgan fingerprint density at radius 3 is 0.855 bits per heavy atom. The van der Waals surface area contributed by atoms with Crippen LogP contribution in [0.3, 0.4) is 0 Å². The van der Waals surface area contributed by atoms with Gasteiger partial charge in [0.25, 0.3) is 0 Å². The Bertz CT molecular complexity index is 1860. The van der Waals surface area contributed by atoms with Crippen molar-refractivity contribution in [2.75, 3.05) is 0 Å². The third kappa shape index (κ3) is 17.0. The number of esters is 2.